The Labute approximate surface area is 190 Å². The standard InChI is InChI=1S/C25H22N2O4S/c1-16-19(12-13-21(26-16)17-8-5-4-6-9-17)25(28)31-14-18-15-32-24(27-18)20-10-7-11-22(29-2)23(20)30-3/h4-13,15H,14H2,1-3H3. The van der Waals surface area contributed by atoms with Crippen LogP contribution in [0.2, 0.25) is 0 Å². The predicted octanol–water partition coefficient (Wildman–Crippen LogP) is 5.55. The molecule has 0 aliphatic heterocycles. The molecule has 0 saturated heterocycles. The van der Waals surface area contributed by atoms with Gasteiger partial charge < -0.3 is 14.2 Å². The van der Waals surface area contributed by atoms with Crippen LogP contribution >= 0.6 is 11.3 Å². The maximum Gasteiger partial charge on any atom is 0.340 e. The lowest BCUT2D eigenvalue weighted by molar-refractivity contribution is 0.0467. The normalized spacial score (nSPS) is 10.6. The second-order valence-electron chi connectivity index (χ2n) is 6.96. The quantitative estimate of drug-likeness (QED) is 0.347. The van der Waals surface area contributed by atoms with Gasteiger partial charge in [-0.25, -0.2) is 9.78 Å². The summed E-state index contributed by atoms with van der Waals surface area (Å²) < 4.78 is 16.3. The second-order valence-corrected chi connectivity index (χ2v) is 7.81. The van der Waals surface area contributed by atoms with Crippen LogP contribution in [0.5, 0.6) is 11.5 Å². The van der Waals surface area contributed by atoms with Crippen molar-refractivity contribution in [3.8, 4) is 33.3 Å². The van der Waals surface area contributed by atoms with E-state index in [0.29, 0.717) is 28.5 Å². The van der Waals surface area contributed by atoms with Crippen LogP contribution in [0.25, 0.3) is 21.8 Å². The molecule has 0 bridgehead atoms. The predicted molar refractivity (Wildman–Crippen MR) is 124 cm³/mol. The molecule has 0 fully saturated rings. The molecule has 0 saturated carbocycles. The van der Waals surface area contributed by atoms with Gasteiger partial charge in [-0.15, -0.1) is 11.3 Å². The average Bonchev–Trinajstić information content (AvgIpc) is 3.31. The van der Waals surface area contributed by atoms with Gasteiger partial charge in [0.15, 0.2) is 11.5 Å². The number of pyridine rings is 1. The van der Waals surface area contributed by atoms with Crippen LogP contribution in [-0.4, -0.2) is 30.2 Å². The van der Waals surface area contributed by atoms with E-state index in [2.05, 4.69) is 9.97 Å². The third kappa shape index (κ3) is 4.48. The Morgan fingerprint density at radius 1 is 0.938 bits per heavy atom. The number of aromatic nitrogens is 2. The minimum absolute atomic E-state index is 0.0709. The molecule has 6 nitrogen and oxygen atoms in total. The van der Waals surface area contributed by atoms with E-state index in [1.807, 2.05) is 60.0 Å². The highest BCUT2D eigenvalue weighted by molar-refractivity contribution is 7.13. The summed E-state index contributed by atoms with van der Waals surface area (Å²) in [7, 11) is 3.19. The molecule has 0 aliphatic rings. The van der Waals surface area contributed by atoms with Gasteiger partial charge in [-0.05, 0) is 31.2 Å². The van der Waals surface area contributed by atoms with E-state index < -0.39 is 5.97 Å². The molecule has 0 radical (unpaired) electrons. The molecule has 0 N–H and O–H groups in total. The van der Waals surface area contributed by atoms with Gasteiger partial charge >= 0.3 is 5.97 Å². The van der Waals surface area contributed by atoms with Gasteiger partial charge in [0, 0.05) is 10.9 Å². The van der Waals surface area contributed by atoms with Crippen LogP contribution in [0, 0.1) is 6.92 Å². The number of hydrogen-bond donors (Lipinski definition) is 0. The Balaban J connectivity index is 1.46. The smallest absolute Gasteiger partial charge is 0.340 e. The first-order chi connectivity index (χ1) is 15.6. The largest absolute Gasteiger partial charge is 0.493 e. The Morgan fingerprint density at radius 2 is 1.75 bits per heavy atom. The van der Waals surface area contributed by atoms with Crippen molar-refractivity contribution in [3.05, 3.63) is 83.0 Å². The van der Waals surface area contributed by atoms with Crippen molar-refractivity contribution in [2.24, 2.45) is 0 Å². The van der Waals surface area contributed by atoms with E-state index >= 15 is 0 Å². The third-order valence-electron chi connectivity index (χ3n) is 4.91. The zero-order valence-corrected chi connectivity index (χ0v) is 18.8. The summed E-state index contributed by atoms with van der Waals surface area (Å²) in [6.45, 7) is 1.88. The van der Waals surface area contributed by atoms with Crippen molar-refractivity contribution in [3.63, 3.8) is 0 Å². The number of carbonyl (C=O) groups is 1. The fourth-order valence-electron chi connectivity index (χ4n) is 3.32. The maximum absolute atomic E-state index is 12.6. The lowest BCUT2D eigenvalue weighted by Crippen LogP contribution is -2.08. The molecule has 0 amide bonds. The van der Waals surface area contributed by atoms with E-state index in [9.17, 15) is 4.79 Å². The van der Waals surface area contributed by atoms with Crippen LogP contribution in [0.1, 0.15) is 21.7 Å². The molecule has 4 aromatic rings. The summed E-state index contributed by atoms with van der Waals surface area (Å²) in [5.74, 6) is 0.825. The van der Waals surface area contributed by atoms with Crippen molar-refractivity contribution in [2.45, 2.75) is 13.5 Å². The van der Waals surface area contributed by atoms with Gasteiger partial charge in [0.05, 0.1) is 42.4 Å². The van der Waals surface area contributed by atoms with E-state index in [4.69, 9.17) is 14.2 Å². The fourth-order valence-corrected chi connectivity index (χ4v) is 4.14. The van der Waals surface area contributed by atoms with Gasteiger partial charge in [0.1, 0.15) is 11.6 Å². The maximum atomic E-state index is 12.6. The SMILES string of the molecule is COc1cccc(-c2nc(COC(=O)c3ccc(-c4ccccc4)nc3C)cs2)c1OC. The van der Waals surface area contributed by atoms with Crippen LogP contribution in [-0.2, 0) is 11.3 Å². The Hall–Kier alpha value is -3.71. The van der Waals surface area contributed by atoms with Crippen LogP contribution in [0.4, 0.5) is 0 Å². The number of rotatable bonds is 7. The Bertz CT molecular complexity index is 1240. The minimum atomic E-state index is -0.428. The number of carbonyl (C=O) groups excluding carboxylic acids is 1. The highest BCUT2D eigenvalue weighted by Crippen LogP contribution is 2.39. The molecule has 7 heteroatoms. The highest BCUT2D eigenvalue weighted by atomic mass is 32.1. The van der Waals surface area contributed by atoms with Crippen molar-refractivity contribution >= 4 is 17.3 Å². The summed E-state index contributed by atoms with van der Waals surface area (Å²) in [6.07, 6.45) is 0. The molecule has 0 unspecified atom stereocenters. The van der Waals surface area contributed by atoms with Gasteiger partial charge in [-0.2, -0.15) is 0 Å². The summed E-state index contributed by atoms with van der Waals surface area (Å²) in [5, 5.41) is 2.63. The average molecular weight is 447 g/mol. The zero-order valence-electron chi connectivity index (χ0n) is 18.0. The highest BCUT2D eigenvalue weighted by Gasteiger charge is 2.17. The van der Waals surface area contributed by atoms with E-state index in [-0.39, 0.29) is 6.61 Å². The number of para-hydroxylation sites is 1. The van der Waals surface area contributed by atoms with Crippen molar-refractivity contribution in [2.75, 3.05) is 14.2 Å². The molecule has 2 heterocycles. The van der Waals surface area contributed by atoms with E-state index in [0.717, 1.165) is 21.8 Å². The molecule has 0 aliphatic carbocycles. The van der Waals surface area contributed by atoms with Gasteiger partial charge in [-0.3, -0.25) is 4.98 Å². The number of benzene rings is 2. The summed E-state index contributed by atoms with van der Waals surface area (Å²) in [6, 6.07) is 19.0. The van der Waals surface area contributed by atoms with Crippen LogP contribution in [0.3, 0.4) is 0 Å². The molecule has 4 rings (SSSR count). The number of aryl methyl sites for hydroxylation is 1. The van der Waals surface area contributed by atoms with Crippen LogP contribution < -0.4 is 9.47 Å². The molecule has 162 valence electrons. The summed E-state index contributed by atoms with van der Waals surface area (Å²) in [4.78, 5) is 21.8. The summed E-state index contributed by atoms with van der Waals surface area (Å²) in [5.41, 5.74) is 4.36. The van der Waals surface area contributed by atoms with E-state index in [1.165, 1.54) is 11.3 Å². The number of nitrogens with zero attached hydrogens (tertiary/aromatic N) is 2. The zero-order chi connectivity index (χ0) is 22.5. The molecule has 2 aromatic heterocycles. The first-order valence-corrected chi connectivity index (χ1v) is 10.8. The lowest BCUT2D eigenvalue weighted by atomic mass is 10.1. The number of hydrogen-bond acceptors (Lipinski definition) is 7. The molecule has 2 aromatic carbocycles. The number of esters is 1. The van der Waals surface area contributed by atoms with Gasteiger partial charge in [-0.1, -0.05) is 36.4 Å². The van der Waals surface area contributed by atoms with E-state index in [1.54, 1.807) is 27.2 Å². The van der Waals surface area contributed by atoms with Crippen LogP contribution in [0.15, 0.2) is 66.0 Å². The lowest BCUT2D eigenvalue weighted by Gasteiger charge is -2.10. The molecule has 0 atom stereocenters. The minimum Gasteiger partial charge on any atom is -0.493 e. The van der Waals surface area contributed by atoms with Gasteiger partial charge in [0.25, 0.3) is 0 Å². The third-order valence-corrected chi connectivity index (χ3v) is 5.84. The fraction of sp³-hybridized carbons (Fsp3) is 0.160. The second kappa shape index (κ2) is 9.62. The first kappa shape index (κ1) is 21.5. The first-order valence-electron chi connectivity index (χ1n) is 9.96. The van der Waals surface area contributed by atoms with Crippen molar-refractivity contribution in [1.82, 2.24) is 9.97 Å². The monoisotopic (exact) mass is 446 g/mol. The van der Waals surface area contributed by atoms with Crippen molar-refractivity contribution < 1.29 is 19.0 Å². The topological polar surface area (TPSA) is 70.5 Å². The molecule has 0 spiro atoms. The molecular formula is C25H22N2O4S. The molecule has 32 heavy (non-hydrogen) atoms. The van der Waals surface area contributed by atoms with Crippen molar-refractivity contribution in [1.29, 1.82) is 0 Å². The van der Waals surface area contributed by atoms with Gasteiger partial charge in [0.2, 0.25) is 0 Å². The number of thiazole rings is 1. The summed E-state index contributed by atoms with van der Waals surface area (Å²) >= 11 is 1.45. The number of ether oxygens (including phenoxy) is 3. The number of methoxy groups -OCH3 is 2. The molecular weight excluding hydrogens is 424 g/mol. The Morgan fingerprint density at radius 3 is 2.47 bits per heavy atom. The Kier molecular flexibility index (Phi) is 6.47.